The van der Waals surface area contributed by atoms with Gasteiger partial charge in [0.15, 0.2) is 0 Å². The molecule has 0 amide bonds. The lowest BCUT2D eigenvalue weighted by Gasteiger charge is -2.16. The average molecular weight is 382 g/mol. The number of carboxylic acid groups (broad SMARTS) is 1. The molecule has 0 unspecified atom stereocenters. The van der Waals surface area contributed by atoms with E-state index in [0.29, 0.717) is 66.1 Å². The molecule has 0 aromatic carbocycles. The molecule has 0 aliphatic rings. The number of aliphatic carboxylic acids is 1. The Morgan fingerprint density at radius 3 is 1.42 bits per heavy atom. The Morgan fingerprint density at radius 1 is 0.846 bits per heavy atom. The summed E-state index contributed by atoms with van der Waals surface area (Å²) in [6.07, 6.45) is 0.833. The first-order valence-electron chi connectivity index (χ1n) is 8.40. The van der Waals surface area contributed by atoms with Crippen LogP contribution in [0.4, 0.5) is 0 Å². The van der Waals surface area contributed by atoms with Gasteiger partial charge in [0.1, 0.15) is 0 Å². The molecule has 9 heteroatoms. The third-order valence-electron chi connectivity index (χ3n) is 2.35. The van der Waals surface area contributed by atoms with Gasteiger partial charge in [-0.1, -0.05) is 6.58 Å². The first kappa shape index (κ1) is 27.2. The summed E-state index contributed by atoms with van der Waals surface area (Å²) in [6.45, 7) is 11.0. The lowest BCUT2D eigenvalue weighted by atomic mass is 10.2. The van der Waals surface area contributed by atoms with Gasteiger partial charge in [0.2, 0.25) is 0 Å². The highest BCUT2D eigenvalue weighted by Crippen LogP contribution is 2.00. The molecule has 0 rings (SSSR count). The summed E-state index contributed by atoms with van der Waals surface area (Å²) < 4.78 is 26.1. The van der Waals surface area contributed by atoms with Crippen molar-refractivity contribution in [2.75, 3.05) is 72.7 Å². The maximum Gasteiger partial charge on any atom is 0.327 e. The molecule has 0 bridgehead atoms. The molecule has 0 aliphatic carbocycles. The van der Waals surface area contributed by atoms with E-state index in [0.717, 1.165) is 6.08 Å². The quantitative estimate of drug-likeness (QED) is 0.237. The van der Waals surface area contributed by atoms with Gasteiger partial charge in [-0.15, -0.1) is 0 Å². The van der Waals surface area contributed by atoms with E-state index in [1.54, 1.807) is 13.8 Å². The third-order valence-corrected chi connectivity index (χ3v) is 2.35. The number of hydrogen-bond acceptors (Lipinski definition) is 8. The summed E-state index contributed by atoms with van der Waals surface area (Å²) in [5.74, 6) is -0.981. The van der Waals surface area contributed by atoms with Crippen LogP contribution in [0.1, 0.15) is 13.8 Å². The second kappa shape index (κ2) is 20.2. The molecule has 0 fully saturated rings. The van der Waals surface area contributed by atoms with Gasteiger partial charge >= 0.3 is 5.97 Å². The van der Waals surface area contributed by atoms with Crippen molar-refractivity contribution in [1.82, 2.24) is 0 Å². The maximum absolute atomic E-state index is 9.40. The Bertz CT molecular complexity index is 316. The Balaban J connectivity index is 0. The first-order valence-corrected chi connectivity index (χ1v) is 8.40. The lowest BCUT2D eigenvalue weighted by molar-refractivity contribution is -0.131. The van der Waals surface area contributed by atoms with E-state index in [1.807, 2.05) is 0 Å². The highest BCUT2D eigenvalue weighted by molar-refractivity contribution is 5.78. The fourth-order valence-corrected chi connectivity index (χ4v) is 1.27. The summed E-state index contributed by atoms with van der Waals surface area (Å²) in [6, 6.07) is 0. The van der Waals surface area contributed by atoms with Gasteiger partial charge in [0.05, 0.1) is 78.3 Å². The molecule has 156 valence electrons. The Labute approximate surface area is 155 Å². The van der Waals surface area contributed by atoms with E-state index in [-0.39, 0.29) is 6.61 Å². The van der Waals surface area contributed by atoms with E-state index in [9.17, 15) is 9.90 Å². The van der Waals surface area contributed by atoms with Gasteiger partial charge in [0, 0.05) is 6.08 Å². The fourth-order valence-electron chi connectivity index (χ4n) is 1.27. The topological polar surface area (TPSA) is 124 Å². The van der Waals surface area contributed by atoms with Crippen LogP contribution in [0.15, 0.2) is 12.7 Å². The SMILES string of the molecule is C=CC(=O)O.CC(C)(O)COCCOCCOCCOCCOCCO. The van der Waals surface area contributed by atoms with Crippen LogP contribution >= 0.6 is 0 Å². The first-order chi connectivity index (χ1) is 12.3. The average Bonchev–Trinajstić information content (AvgIpc) is 2.58. The number of carbonyl (C=O) groups is 1. The molecule has 3 N–H and O–H groups in total. The fraction of sp³-hybridized carbons (Fsp3) is 0.824. The molecule has 0 spiro atoms. The van der Waals surface area contributed by atoms with E-state index >= 15 is 0 Å². The molecule has 0 saturated heterocycles. The Morgan fingerprint density at radius 2 is 1.15 bits per heavy atom. The third kappa shape index (κ3) is 30.8. The summed E-state index contributed by atoms with van der Waals surface area (Å²) in [7, 11) is 0. The van der Waals surface area contributed by atoms with Gasteiger partial charge in [-0.2, -0.15) is 0 Å². The predicted molar refractivity (Wildman–Crippen MR) is 95.3 cm³/mol. The van der Waals surface area contributed by atoms with Crippen molar-refractivity contribution in [2.24, 2.45) is 0 Å². The Hall–Kier alpha value is -1.07. The molecule has 0 aromatic heterocycles. The number of carboxylic acids is 1. The molecule has 0 radical (unpaired) electrons. The Kier molecular flexibility index (Phi) is 21.1. The molecule has 0 aliphatic heterocycles. The molecule has 0 aromatic rings. The van der Waals surface area contributed by atoms with Crippen LogP contribution in [0, 0.1) is 0 Å². The van der Waals surface area contributed by atoms with Crippen LogP contribution in [0.5, 0.6) is 0 Å². The van der Waals surface area contributed by atoms with Crippen molar-refractivity contribution in [3.05, 3.63) is 12.7 Å². The number of hydrogen-bond donors (Lipinski definition) is 3. The zero-order valence-electron chi connectivity index (χ0n) is 15.9. The zero-order valence-corrected chi connectivity index (χ0v) is 15.9. The van der Waals surface area contributed by atoms with Gasteiger partial charge in [0.25, 0.3) is 0 Å². The van der Waals surface area contributed by atoms with Crippen LogP contribution < -0.4 is 0 Å². The van der Waals surface area contributed by atoms with Crippen molar-refractivity contribution in [3.8, 4) is 0 Å². The molecular weight excluding hydrogens is 348 g/mol. The minimum Gasteiger partial charge on any atom is -0.478 e. The summed E-state index contributed by atoms with van der Waals surface area (Å²) in [5.41, 5.74) is -0.799. The largest absolute Gasteiger partial charge is 0.478 e. The van der Waals surface area contributed by atoms with Crippen LogP contribution in [-0.4, -0.2) is 99.6 Å². The van der Waals surface area contributed by atoms with Gasteiger partial charge in [-0.05, 0) is 13.8 Å². The highest BCUT2D eigenvalue weighted by atomic mass is 16.6. The van der Waals surface area contributed by atoms with Gasteiger partial charge in [-0.3, -0.25) is 0 Å². The van der Waals surface area contributed by atoms with E-state index in [4.69, 9.17) is 33.9 Å². The van der Waals surface area contributed by atoms with E-state index in [1.165, 1.54) is 0 Å². The molecule has 0 atom stereocenters. The monoisotopic (exact) mass is 382 g/mol. The zero-order chi connectivity index (χ0) is 20.1. The van der Waals surface area contributed by atoms with Crippen LogP contribution in [0.3, 0.4) is 0 Å². The number of aliphatic hydroxyl groups excluding tert-OH is 1. The molecule has 26 heavy (non-hydrogen) atoms. The normalized spacial score (nSPS) is 10.9. The van der Waals surface area contributed by atoms with E-state index < -0.39 is 11.6 Å². The minimum absolute atomic E-state index is 0.0336. The summed E-state index contributed by atoms with van der Waals surface area (Å²) in [5, 5.41) is 25.5. The summed E-state index contributed by atoms with van der Waals surface area (Å²) in [4.78, 5) is 9.25. The van der Waals surface area contributed by atoms with Crippen molar-refractivity contribution < 1.29 is 43.8 Å². The standard InChI is InChI=1S/C14H30O7.C3H4O2/c1-14(2,16)13-21-12-11-20-10-9-19-8-7-18-6-5-17-4-3-15;1-2-3(4)5/h15-16H,3-13H2,1-2H3;2H,1H2,(H,4,5). The van der Waals surface area contributed by atoms with Crippen LogP contribution in [0.2, 0.25) is 0 Å². The number of aliphatic hydroxyl groups is 2. The molecule has 9 nitrogen and oxygen atoms in total. The van der Waals surface area contributed by atoms with Crippen molar-refractivity contribution in [3.63, 3.8) is 0 Å². The smallest absolute Gasteiger partial charge is 0.327 e. The number of rotatable bonds is 17. The van der Waals surface area contributed by atoms with Crippen LogP contribution in [0.25, 0.3) is 0 Å². The van der Waals surface area contributed by atoms with Crippen molar-refractivity contribution in [1.29, 1.82) is 0 Å². The summed E-state index contributed by atoms with van der Waals surface area (Å²) >= 11 is 0. The second-order valence-electron chi connectivity index (χ2n) is 5.58. The lowest BCUT2D eigenvalue weighted by Crippen LogP contribution is -2.27. The molecule has 0 saturated carbocycles. The number of ether oxygens (including phenoxy) is 5. The molecule has 0 heterocycles. The molecular formula is C17H34O9. The van der Waals surface area contributed by atoms with Gasteiger partial charge in [-0.25, -0.2) is 4.79 Å². The maximum atomic E-state index is 9.40. The van der Waals surface area contributed by atoms with E-state index in [2.05, 4.69) is 6.58 Å². The van der Waals surface area contributed by atoms with Crippen molar-refractivity contribution >= 4 is 5.97 Å². The second-order valence-corrected chi connectivity index (χ2v) is 5.58. The predicted octanol–water partition coefficient (Wildman–Crippen LogP) is 0.0896. The van der Waals surface area contributed by atoms with Crippen molar-refractivity contribution in [2.45, 2.75) is 19.4 Å². The minimum atomic E-state index is -0.981. The van der Waals surface area contributed by atoms with Gasteiger partial charge < -0.3 is 39.0 Å². The highest BCUT2D eigenvalue weighted by Gasteiger charge is 2.11. The van der Waals surface area contributed by atoms with Crippen LogP contribution in [-0.2, 0) is 28.5 Å².